The minimum Gasteiger partial charge on any atom is -0.495 e. The lowest BCUT2D eigenvalue weighted by molar-refractivity contribution is 0.0635. The van der Waals surface area contributed by atoms with Gasteiger partial charge in [0, 0.05) is 30.3 Å². The van der Waals surface area contributed by atoms with Crippen molar-refractivity contribution in [3.05, 3.63) is 36.3 Å². The summed E-state index contributed by atoms with van der Waals surface area (Å²) in [6, 6.07) is 7.80. The number of aliphatic hydroxyl groups is 1. The van der Waals surface area contributed by atoms with E-state index in [0.717, 1.165) is 54.7 Å². The summed E-state index contributed by atoms with van der Waals surface area (Å²) in [4.78, 5) is 18.8. The number of hydrogen-bond acceptors (Lipinski definition) is 8. The number of carbonyl (C=O) groups excluding carboxylic acids is 1. The molecule has 0 aliphatic carbocycles. The van der Waals surface area contributed by atoms with Crippen molar-refractivity contribution < 1.29 is 19.4 Å². The molecule has 10 nitrogen and oxygen atoms in total. The van der Waals surface area contributed by atoms with Gasteiger partial charge in [-0.25, -0.2) is 14.3 Å². The predicted octanol–water partition coefficient (Wildman–Crippen LogP) is 3.33. The van der Waals surface area contributed by atoms with E-state index < -0.39 is 11.7 Å². The molecule has 10 heteroatoms. The normalized spacial score (nSPS) is 16.5. The van der Waals surface area contributed by atoms with Crippen molar-refractivity contribution in [1.82, 2.24) is 19.5 Å². The van der Waals surface area contributed by atoms with Crippen molar-refractivity contribution in [1.29, 1.82) is 0 Å². The maximum Gasteiger partial charge on any atom is 0.412 e. The second-order valence-electron chi connectivity index (χ2n) is 9.76. The quantitative estimate of drug-likeness (QED) is 0.468. The number of methoxy groups -OCH3 is 1. The highest BCUT2D eigenvalue weighted by atomic mass is 16.6. The number of fused-ring (bicyclic) bond motifs is 1. The number of rotatable bonds is 7. The van der Waals surface area contributed by atoms with Gasteiger partial charge in [0.2, 0.25) is 0 Å². The summed E-state index contributed by atoms with van der Waals surface area (Å²) >= 11 is 0. The van der Waals surface area contributed by atoms with E-state index in [-0.39, 0.29) is 12.6 Å². The Morgan fingerprint density at radius 1 is 1.31 bits per heavy atom. The van der Waals surface area contributed by atoms with Crippen LogP contribution in [0.3, 0.4) is 0 Å². The number of nitrogen functional groups attached to an aromatic ring is 1. The topological polar surface area (TPSA) is 127 Å². The van der Waals surface area contributed by atoms with Gasteiger partial charge in [-0.2, -0.15) is 5.10 Å². The van der Waals surface area contributed by atoms with E-state index in [1.54, 1.807) is 13.2 Å². The molecule has 4 N–H and O–H groups in total. The summed E-state index contributed by atoms with van der Waals surface area (Å²) in [7, 11) is 1.55. The fourth-order valence-corrected chi connectivity index (χ4v) is 4.56. The second-order valence-corrected chi connectivity index (χ2v) is 9.76. The van der Waals surface area contributed by atoms with Crippen LogP contribution in [0.25, 0.3) is 16.6 Å². The number of aliphatic hydroxyl groups excluding tert-OH is 1. The molecule has 3 aromatic rings. The molecule has 2 aromatic heterocycles. The number of anilines is 2. The Balaban J connectivity index is 1.64. The van der Waals surface area contributed by atoms with E-state index in [9.17, 15) is 9.90 Å². The zero-order valence-electron chi connectivity index (χ0n) is 20.7. The third-order valence-corrected chi connectivity index (χ3v) is 6.17. The van der Waals surface area contributed by atoms with Gasteiger partial charge in [-0.15, -0.1) is 0 Å². The number of likely N-dealkylation sites (tertiary alicyclic amines) is 1. The zero-order chi connectivity index (χ0) is 25.2. The highest BCUT2D eigenvalue weighted by molar-refractivity contribution is 5.92. The molecule has 35 heavy (non-hydrogen) atoms. The van der Waals surface area contributed by atoms with E-state index >= 15 is 0 Å². The Kier molecular flexibility index (Phi) is 7.13. The van der Waals surface area contributed by atoms with Gasteiger partial charge in [0.15, 0.2) is 5.82 Å². The number of aromatic nitrogens is 3. The maximum atomic E-state index is 12.3. The van der Waals surface area contributed by atoms with E-state index in [1.165, 1.54) is 6.33 Å². The average molecular weight is 483 g/mol. The van der Waals surface area contributed by atoms with Gasteiger partial charge in [0.1, 0.15) is 23.2 Å². The first-order valence-corrected chi connectivity index (χ1v) is 11.8. The van der Waals surface area contributed by atoms with Crippen LogP contribution in [0.15, 0.2) is 30.6 Å². The molecule has 1 saturated heterocycles. The van der Waals surface area contributed by atoms with Gasteiger partial charge in [-0.1, -0.05) is 6.07 Å². The number of nitrogens with two attached hydrogens (primary N) is 1. The second kappa shape index (κ2) is 10.1. The smallest absolute Gasteiger partial charge is 0.412 e. The van der Waals surface area contributed by atoms with Gasteiger partial charge in [0.25, 0.3) is 0 Å². The first kappa shape index (κ1) is 24.7. The summed E-state index contributed by atoms with van der Waals surface area (Å²) in [5, 5.41) is 16.9. The van der Waals surface area contributed by atoms with Crippen molar-refractivity contribution >= 4 is 23.1 Å². The molecule has 1 atom stereocenters. The lowest BCUT2D eigenvalue weighted by atomic mass is 10.1. The average Bonchev–Trinajstić information content (AvgIpc) is 3.41. The third kappa shape index (κ3) is 5.49. The Morgan fingerprint density at radius 2 is 2.11 bits per heavy atom. The van der Waals surface area contributed by atoms with Crippen LogP contribution in [0.5, 0.6) is 5.75 Å². The largest absolute Gasteiger partial charge is 0.495 e. The molecule has 0 spiro atoms. The van der Waals surface area contributed by atoms with Crippen molar-refractivity contribution in [2.45, 2.75) is 51.7 Å². The first-order valence-electron chi connectivity index (χ1n) is 11.8. The standard InChI is InChI=1S/C25H34N6O4/c1-25(2,3)35-24(33)29-20-8-7-16(12-21(20)34-4)19-13-17(31-22(19)23(26)27-15-28-31)9-11-30-10-5-6-18(30)14-32/h7-8,12-13,15,18,32H,5-6,9-11,14H2,1-4H3,(H,29,33)(H2,26,27,28)/t18-/m0/s1. The minimum atomic E-state index is -0.608. The molecule has 1 aliphatic rings. The lowest BCUT2D eigenvalue weighted by Crippen LogP contribution is -2.34. The van der Waals surface area contributed by atoms with Crippen molar-refractivity contribution in [3.8, 4) is 16.9 Å². The molecule has 188 valence electrons. The minimum absolute atomic E-state index is 0.179. The summed E-state index contributed by atoms with van der Waals surface area (Å²) in [5.74, 6) is 0.873. The Morgan fingerprint density at radius 3 is 2.83 bits per heavy atom. The van der Waals surface area contributed by atoms with E-state index in [2.05, 4.69) is 26.4 Å². The van der Waals surface area contributed by atoms with Gasteiger partial charge in [-0.3, -0.25) is 10.2 Å². The van der Waals surface area contributed by atoms with Crippen LogP contribution in [0.1, 0.15) is 39.3 Å². The summed E-state index contributed by atoms with van der Waals surface area (Å²) in [6.45, 7) is 7.41. The number of nitrogens with zero attached hydrogens (tertiary/aromatic N) is 4. The molecule has 1 fully saturated rings. The highest BCUT2D eigenvalue weighted by Gasteiger charge is 2.24. The van der Waals surface area contributed by atoms with Crippen LogP contribution in [-0.4, -0.2) is 69.1 Å². The maximum absolute atomic E-state index is 12.3. The Bertz CT molecular complexity index is 1200. The van der Waals surface area contributed by atoms with E-state index in [1.807, 2.05) is 37.4 Å². The van der Waals surface area contributed by atoms with Crippen LogP contribution in [0, 0.1) is 0 Å². The fourth-order valence-electron chi connectivity index (χ4n) is 4.56. The van der Waals surface area contributed by atoms with Crippen molar-refractivity contribution in [2.75, 3.05) is 37.9 Å². The Labute approximate surface area is 205 Å². The monoisotopic (exact) mass is 482 g/mol. The first-order chi connectivity index (χ1) is 16.7. The van der Waals surface area contributed by atoms with Crippen LogP contribution in [0.4, 0.5) is 16.3 Å². The lowest BCUT2D eigenvalue weighted by Gasteiger charge is -2.22. The predicted molar refractivity (Wildman–Crippen MR) is 135 cm³/mol. The number of carbonyl (C=O) groups is 1. The number of benzene rings is 1. The van der Waals surface area contributed by atoms with Crippen molar-refractivity contribution in [2.24, 2.45) is 0 Å². The number of hydrogen-bond donors (Lipinski definition) is 3. The van der Waals surface area contributed by atoms with Gasteiger partial charge in [0.05, 0.1) is 19.4 Å². The van der Waals surface area contributed by atoms with Crippen LogP contribution < -0.4 is 15.8 Å². The van der Waals surface area contributed by atoms with Gasteiger partial charge < -0.3 is 20.3 Å². The highest BCUT2D eigenvalue weighted by Crippen LogP contribution is 2.36. The third-order valence-electron chi connectivity index (χ3n) is 6.17. The molecule has 0 radical (unpaired) electrons. The molecular formula is C25H34N6O4. The molecular weight excluding hydrogens is 448 g/mol. The number of amides is 1. The molecule has 4 rings (SSSR count). The molecule has 1 amide bonds. The van der Waals surface area contributed by atoms with Crippen molar-refractivity contribution in [3.63, 3.8) is 0 Å². The zero-order valence-corrected chi connectivity index (χ0v) is 20.7. The van der Waals surface area contributed by atoms with Crippen LogP contribution in [-0.2, 0) is 11.2 Å². The Hall–Kier alpha value is -3.37. The van der Waals surface area contributed by atoms with Gasteiger partial charge in [-0.05, 0) is 63.9 Å². The van der Waals surface area contributed by atoms with Crippen LogP contribution >= 0.6 is 0 Å². The fraction of sp³-hybridized carbons (Fsp3) is 0.480. The summed E-state index contributed by atoms with van der Waals surface area (Å²) in [5.41, 5.74) is 9.62. The SMILES string of the molecule is COc1cc(-c2cc(CCN3CCC[C@H]3CO)n3ncnc(N)c23)ccc1NC(=O)OC(C)(C)C. The van der Waals surface area contributed by atoms with E-state index in [0.29, 0.717) is 17.3 Å². The molecule has 3 heterocycles. The number of ether oxygens (including phenoxy) is 2. The number of nitrogens with one attached hydrogen (secondary N) is 1. The molecule has 0 unspecified atom stereocenters. The molecule has 1 aliphatic heterocycles. The summed E-state index contributed by atoms with van der Waals surface area (Å²) in [6.07, 6.45) is 3.78. The van der Waals surface area contributed by atoms with Crippen LogP contribution in [0.2, 0.25) is 0 Å². The van der Waals surface area contributed by atoms with Gasteiger partial charge >= 0.3 is 6.09 Å². The summed E-state index contributed by atoms with van der Waals surface area (Å²) < 4.78 is 12.7. The molecule has 0 saturated carbocycles. The molecule has 0 bridgehead atoms. The molecule has 1 aromatic carbocycles. The van der Waals surface area contributed by atoms with E-state index in [4.69, 9.17) is 15.2 Å².